The van der Waals surface area contributed by atoms with Crippen LogP contribution >= 0.6 is 0 Å². The van der Waals surface area contributed by atoms with Crippen LogP contribution in [0.25, 0.3) is 11.0 Å². The highest BCUT2D eigenvalue weighted by atomic mass is 19.4. The maximum absolute atomic E-state index is 13.2. The second-order valence-corrected chi connectivity index (χ2v) is 7.31. The van der Waals surface area contributed by atoms with E-state index in [-0.39, 0.29) is 28.1 Å². The molecule has 0 atom stereocenters. The smallest absolute Gasteiger partial charge is 0.369 e. The number of para-hydroxylation sites is 1. The molecule has 182 valence electrons. The summed E-state index contributed by atoms with van der Waals surface area (Å²) in [6, 6.07) is 19.2. The molecule has 36 heavy (non-hydrogen) atoms. The number of benzene rings is 3. The molecule has 3 N–H and O–H groups in total. The van der Waals surface area contributed by atoms with Gasteiger partial charge in [-0.25, -0.2) is 14.6 Å². The first-order valence-corrected chi connectivity index (χ1v) is 10.2. The first kappa shape index (κ1) is 24.1. The van der Waals surface area contributed by atoms with Crippen molar-refractivity contribution in [2.75, 3.05) is 10.6 Å². The predicted molar refractivity (Wildman–Crippen MR) is 122 cm³/mol. The molecule has 1 heterocycles. The molecule has 0 fully saturated rings. The van der Waals surface area contributed by atoms with Crippen LogP contribution in [0.15, 0.2) is 72.8 Å². The minimum Gasteiger partial charge on any atom is -0.369 e. The normalized spacial score (nSPS) is 11.1. The molecular weight excluding hydrogens is 481 g/mol. The number of fused-ring (bicyclic) bond motifs is 1. The van der Waals surface area contributed by atoms with Crippen molar-refractivity contribution < 1.29 is 37.1 Å². The number of alkyl halides is 3. The van der Waals surface area contributed by atoms with E-state index in [4.69, 9.17) is 0 Å². The van der Waals surface area contributed by atoms with Crippen LogP contribution < -0.4 is 10.6 Å². The van der Waals surface area contributed by atoms with E-state index in [0.29, 0.717) is 11.3 Å². The second-order valence-electron chi connectivity index (χ2n) is 7.31. The maximum atomic E-state index is 13.2. The Morgan fingerprint density at radius 1 is 0.833 bits per heavy atom. The number of nitrogens with zero attached hydrogens (tertiary/aromatic N) is 1. The van der Waals surface area contributed by atoms with Crippen LogP contribution in [0.5, 0.6) is 0 Å². The Balaban J connectivity index is 1.53. The average Bonchev–Trinajstić information content (AvgIpc) is 3.25. The zero-order chi connectivity index (χ0) is 25.9. The summed E-state index contributed by atoms with van der Waals surface area (Å²) in [6.07, 6.45) is -7.02. The lowest BCUT2D eigenvalue weighted by atomic mass is 10.0. The third kappa shape index (κ3) is 5.38. The summed E-state index contributed by atoms with van der Waals surface area (Å²) in [5, 5.41) is 4.60. The highest BCUT2D eigenvalue weighted by Gasteiger charge is 2.42. The SMILES string of the molecule is O=C(Nc1nc2ccc(C(=O)c3ccccc3NC(=O)c3ccccc3)cc2[nH]1)OC(=O)C(F)(F)F. The highest BCUT2D eigenvalue weighted by Crippen LogP contribution is 2.23. The molecule has 0 aliphatic carbocycles. The topological polar surface area (TPSA) is 130 Å². The van der Waals surface area contributed by atoms with Crippen LogP contribution in [0.3, 0.4) is 0 Å². The standard InChI is InChI=1S/C24H15F3N4O5/c25-24(26,27)21(34)36-23(35)31-22-29-17-11-10-14(12-18(17)30-22)19(32)15-8-4-5-9-16(15)28-20(33)13-6-2-1-3-7-13/h1-12H,(H,28,33)(H2,29,30,31,35). The van der Waals surface area contributed by atoms with Crippen molar-refractivity contribution in [2.24, 2.45) is 0 Å². The third-order valence-corrected chi connectivity index (χ3v) is 4.84. The number of hydrogen-bond donors (Lipinski definition) is 3. The predicted octanol–water partition coefficient (Wildman–Crippen LogP) is 4.68. The Labute approximate surface area is 200 Å². The van der Waals surface area contributed by atoms with Gasteiger partial charge in [-0.15, -0.1) is 0 Å². The molecule has 0 aliphatic heterocycles. The van der Waals surface area contributed by atoms with Crippen molar-refractivity contribution in [1.29, 1.82) is 0 Å². The molecule has 0 saturated carbocycles. The summed E-state index contributed by atoms with van der Waals surface area (Å²) >= 11 is 0. The summed E-state index contributed by atoms with van der Waals surface area (Å²) in [4.78, 5) is 54.6. The molecule has 0 radical (unpaired) electrons. The van der Waals surface area contributed by atoms with E-state index < -0.39 is 29.9 Å². The number of nitrogens with one attached hydrogen (secondary N) is 3. The number of anilines is 2. The number of carbonyl (C=O) groups excluding carboxylic acids is 4. The molecule has 9 nitrogen and oxygen atoms in total. The molecule has 0 aliphatic rings. The minimum absolute atomic E-state index is 0.203. The zero-order valence-corrected chi connectivity index (χ0v) is 18.1. The van der Waals surface area contributed by atoms with E-state index in [2.05, 4.69) is 20.0 Å². The van der Waals surface area contributed by atoms with Crippen molar-refractivity contribution in [3.05, 3.63) is 89.5 Å². The van der Waals surface area contributed by atoms with Gasteiger partial charge in [0.2, 0.25) is 5.95 Å². The van der Waals surface area contributed by atoms with Gasteiger partial charge in [0.25, 0.3) is 5.91 Å². The number of ether oxygens (including phenoxy) is 1. The van der Waals surface area contributed by atoms with Gasteiger partial charge in [-0.2, -0.15) is 13.2 Å². The first-order valence-electron chi connectivity index (χ1n) is 10.2. The van der Waals surface area contributed by atoms with Crippen molar-refractivity contribution in [3.63, 3.8) is 0 Å². The lowest BCUT2D eigenvalue weighted by molar-refractivity contribution is -0.192. The number of ketones is 1. The Morgan fingerprint density at radius 3 is 2.25 bits per heavy atom. The summed E-state index contributed by atoms with van der Waals surface area (Å²) < 4.78 is 40.3. The number of halogens is 3. The number of esters is 1. The summed E-state index contributed by atoms with van der Waals surface area (Å²) in [7, 11) is 0. The van der Waals surface area contributed by atoms with Gasteiger partial charge in [0.1, 0.15) is 0 Å². The Morgan fingerprint density at radius 2 is 1.53 bits per heavy atom. The molecule has 2 amide bonds. The number of hydrogen-bond acceptors (Lipinski definition) is 6. The average molecular weight is 496 g/mol. The molecule has 0 bridgehead atoms. The van der Waals surface area contributed by atoms with Crippen LogP contribution in [0.2, 0.25) is 0 Å². The Hall–Kier alpha value is -5.00. The molecular formula is C24H15F3N4O5. The van der Waals surface area contributed by atoms with Gasteiger partial charge in [-0.05, 0) is 42.5 Å². The lowest BCUT2D eigenvalue weighted by Crippen LogP contribution is -2.30. The minimum atomic E-state index is -5.34. The number of aromatic amines is 1. The van der Waals surface area contributed by atoms with Gasteiger partial charge in [-0.1, -0.05) is 30.3 Å². The highest BCUT2D eigenvalue weighted by molar-refractivity contribution is 6.16. The largest absolute Gasteiger partial charge is 0.491 e. The molecule has 0 spiro atoms. The molecule has 0 saturated heterocycles. The van der Waals surface area contributed by atoms with E-state index in [1.165, 1.54) is 18.2 Å². The quantitative estimate of drug-likeness (QED) is 0.209. The summed E-state index contributed by atoms with van der Waals surface area (Å²) in [5.41, 5.74) is 1.66. The van der Waals surface area contributed by atoms with Gasteiger partial charge >= 0.3 is 18.2 Å². The zero-order valence-electron chi connectivity index (χ0n) is 18.1. The second kappa shape index (κ2) is 9.70. The summed E-state index contributed by atoms with van der Waals surface area (Å²) in [5.74, 6) is -3.81. The van der Waals surface area contributed by atoms with Gasteiger partial charge < -0.3 is 15.0 Å². The molecule has 1 aromatic heterocycles. The molecule has 12 heteroatoms. The van der Waals surface area contributed by atoms with Crippen LogP contribution in [0, 0.1) is 0 Å². The van der Waals surface area contributed by atoms with Crippen molar-refractivity contribution in [3.8, 4) is 0 Å². The fourth-order valence-electron chi connectivity index (χ4n) is 3.20. The van der Waals surface area contributed by atoms with Crippen molar-refractivity contribution in [1.82, 2.24) is 9.97 Å². The van der Waals surface area contributed by atoms with E-state index in [1.807, 2.05) is 5.32 Å². The number of rotatable bonds is 5. The van der Waals surface area contributed by atoms with Crippen molar-refractivity contribution in [2.45, 2.75) is 6.18 Å². The van der Waals surface area contributed by atoms with E-state index in [9.17, 15) is 32.3 Å². The fraction of sp³-hybridized carbons (Fsp3) is 0.0417. The van der Waals surface area contributed by atoms with E-state index in [1.54, 1.807) is 54.6 Å². The molecule has 4 rings (SSSR count). The van der Waals surface area contributed by atoms with Crippen molar-refractivity contribution >= 4 is 46.4 Å². The van der Waals surface area contributed by atoms with E-state index >= 15 is 0 Å². The van der Waals surface area contributed by atoms with Crippen LogP contribution in [0.4, 0.5) is 29.6 Å². The molecule has 0 unspecified atom stereocenters. The number of imidazole rings is 1. The first-order chi connectivity index (χ1) is 17.1. The number of aromatic nitrogens is 2. The van der Waals surface area contributed by atoms with Crippen LogP contribution in [0.1, 0.15) is 26.3 Å². The number of H-pyrrole nitrogens is 1. The van der Waals surface area contributed by atoms with Gasteiger partial charge in [0.15, 0.2) is 5.78 Å². The van der Waals surface area contributed by atoms with Crippen LogP contribution in [-0.4, -0.2) is 39.9 Å². The van der Waals surface area contributed by atoms with E-state index in [0.717, 1.165) is 0 Å². The number of carbonyl (C=O) groups is 4. The van der Waals surface area contributed by atoms with Gasteiger partial charge in [0.05, 0.1) is 16.7 Å². The Kier molecular flexibility index (Phi) is 6.50. The number of amides is 2. The molecule has 4 aromatic rings. The van der Waals surface area contributed by atoms with Gasteiger partial charge in [0, 0.05) is 16.7 Å². The molecule has 3 aromatic carbocycles. The summed E-state index contributed by atoms with van der Waals surface area (Å²) in [6.45, 7) is 0. The third-order valence-electron chi connectivity index (χ3n) is 4.84. The Bertz CT molecular complexity index is 1480. The lowest BCUT2D eigenvalue weighted by Gasteiger charge is -2.10. The fourth-order valence-corrected chi connectivity index (χ4v) is 3.20. The monoisotopic (exact) mass is 496 g/mol. The van der Waals surface area contributed by atoms with Crippen LogP contribution in [-0.2, 0) is 9.53 Å². The maximum Gasteiger partial charge on any atom is 0.491 e. The van der Waals surface area contributed by atoms with Gasteiger partial charge in [-0.3, -0.25) is 14.9 Å².